The van der Waals surface area contributed by atoms with Crippen LogP contribution in [0.2, 0.25) is 0 Å². The fourth-order valence-electron chi connectivity index (χ4n) is 3.59. The van der Waals surface area contributed by atoms with Crippen molar-refractivity contribution in [3.05, 3.63) is 65.9 Å². The van der Waals surface area contributed by atoms with Crippen LogP contribution in [-0.2, 0) is 13.0 Å². The molecular formula is C24H30N2O2. The summed E-state index contributed by atoms with van der Waals surface area (Å²) in [5, 5.41) is 4.18. The maximum atomic E-state index is 13.0. The molecule has 0 bridgehead atoms. The minimum absolute atomic E-state index is 0.0207. The molecule has 0 fully saturated rings. The lowest BCUT2D eigenvalue weighted by molar-refractivity contribution is 0.0929. The fourth-order valence-corrected chi connectivity index (χ4v) is 3.59. The lowest BCUT2D eigenvalue weighted by Crippen LogP contribution is -2.34. The summed E-state index contributed by atoms with van der Waals surface area (Å²) in [5.41, 5.74) is 3.05. The molecule has 0 aliphatic rings. The topological polar surface area (TPSA) is 43.3 Å². The van der Waals surface area contributed by atoms with Gasteiger partial charge in [-0.15, -0.1) is 0 Å². The number of nitrogens with zero attached hydrogens (tertiary/aromatic N) is 1. The van der Waals surface area contributed by atoms with Crippen LogP contribution in [0, 0.1) is 0 Å². The van der Waals surface area contributed by atoms with Crippen LogP contribution in [0.5, 0.6) is 5.75 Å². The van der Waals surface area contributed by atoms with Gasteiger partial charge in [-0.2, -0.15) is 0 Å². The first-order valence-electron chi connectivity index (χ1n) is 10.2. The van der Waals surface area contributed by atoms with Crippen LogP contribution in [0.3, 0.4) is 0 Å². The van der Waals surface area contributed by atoms with Crippen molar-refractivity contribution < 1.29 is 9.53 Å². The molecule has 4 heteroatoms. The van der Waals surface area contributed by atoms with Crippen molar-refractivity contribution in [2.45, 2.75) is 52.6 Å². The van der Waals surface area contributed by atoms with Gasteiger partial charge in [0.1, 0.15) is 11.4 Å². The van der Waals surface area contributed by atoms with Crippen LogP contribution in [-0.4, -0.2) is 23.1 Å². The van der Waals surface area contributed by atoms with E-state index >= 15 is 0 Å². The number of amides is 1. The highest BCUT2D eigenvalue weighted by molar-refractivity contribution is 6.00. The van der Waals surface area contributed by atoms with Crippen molar-refractivity contribution in [1.82, 2.24) is 9.88 Å². The number of aromatic nitrogens is 1. The zero-order valence-corrected chi connectivity index (χ0v) is 17.1. The van der Waals surface area contributed by atoms with Crippen LogP contribution in [0.4, 0.5) is 0 Å². The zero-order valence-electron chi connectivity index (χ0n) is 17.1. The molecule has 0 unspecified atom stereocenters. The van der Waals surface area contributed by atoms with Crippen LogP contribution in [0.15, 0.2) is 54.6 Å². The number of fused-ring (bicyclic) bond motifs is 1. The number of ether oxygens (including phenoxy) is 1. The molecule has 0 saturated carbocycles. The molecule has 1 N–H and O–H groups in total. The minimum atomic E-state index is -0.0207. The summed E-state index contributed by atoms with van der Waals surface area (Å²) in [7, 11) is 0. The summed E-state index contributed by atoms with van der Waals surface area (Å²) in [6.07, 6.45) is 2.83. The first-order valence-corrected chi connectivity index (χ1v) is 10.2. The molecule has 28 heavy (non-hydrogen) atoms. The molecule has 1 atom stereocenters. The second-order valence-electron chi connectivity index (χ2n) is 7.20. The third-order valence-electron chi connectivity index (χ3n) is 4.97. The SMILES string of the molecule is CCCn1c(C(=O)N[C@H](C)CCc2ccccc2)cc2c(OCC)cccc21. The van der Waals surface area contributed by atoms with E-state index in [-0.39, 0.29) is 11.9 Å². The number of carbonyl (C=O) groups is 1. The molecule has 1 aromatic heterocycles. The number of carbonyl (C=O) groups excluding carboxylic acids is 1. The average Bonchev–Trinajstić information content (AvgIpc) is 3.08. The van der Waals surface area contributed by atoms with Crippen LogP contribution in [0.25, 0.3) is 10.9 Å². The molecule has 0 aliphatic heterocycles. The van der Waals surface area contributed by atoms with Gasteiger partial charge in [-0.3, -0.25) is 4.79 Å². The highest BCUT2D eigenvalue weighted by atomic mass is 16.5. The second-order valence-corrected chi connectivity index (χ2v) is 7.20. The molecule has 0 spiro atoms. The maximum absolute atomic E-state index is 13.0. The molecule has 0 aliphatic carbocycles. The first kappa shape index (κ1) is 20.0. The van der Waals surface area contributed by atoms with Gasteiger partial charge in [-0.05, 0) is 56.9 Å². The average molecular weight is 379 g/mol. The van der Waals surface area contributed by atoms with Gasteiger partial charge in [0.25, 0.3) is 5.91 Å². The predicted octanol–water partition coefficient (Wildman–Crippen LogP) is 5.20. The molecule has 3 rings (SSSR count). The summed E-state index contributed by atoms with van der Waals surface area (Å²) in [4.78, 5) is 13.0. The second kappa shape index (κ2) is 9.45. The largest absolute Gasteiger partial charge is 0.493 e. The van der Waals surface area contributed by atoms with Crippen molar-refractivity contribution >= 4 is 16.8 Å². The van der Waals surface area contributed by atoms with Gasteiger partial charge >= 0.3 is 0 Å². The number of nitrogens with one attached hydrogen (secondary N) is 1. The Morgan fingerprint density at radius 1 is 1.11 bits per heavy atom. The van der Waals surface area contributed by atoms with Crippen LogP contribution in [0.1, 0.15) is 49.7 Å². The van der Waals surface area contributed by atoms with E-state index in [1.54, 1.807) is 0 Å². The normalized spacial score (nSPS) is 12.1. The Labute approximate surface area is 167 Å². The Kier molecular flexibility index (Phi) is 6.75. The molecule has 1 heterocycles. The lowest BCUT2D eigenvalue weighted by atomic mass is 10.1. The Hall–Kier alpha value is -2.75. The predicted molar refractivity (Wildman–Crippen MR) is 115 cm³/mol. The van der Waals surface area contributed by atoms with Crippen molar-refractivity contribution in [2.75, 3.05) is 6.61 Å². The van der Waals surface area contributed by atoms with E-state index in [1.165, 1.54) is 5.56 Å². The van der Waals surface area contributed by atoms with E-state index < -0.39 is 0 Å². The summed E-state index contributed by atoms with van der Waals surface area (Å²) >= 11 is 0. The van der Waals surface area contributed by atoms with Gasteiger partial charge in [-0.1, -0.05) is 43.3 Å². The molecule has 2 aromatic carbocycles. The number of hydrogen-bond acceptors (Lipinski definition) is 2. The third-order valence-corrected chi connectivity index (χ3v) is 4.97. The number of aryl methyl sites for hydroxylation is 2. The van der Waals surface area contributed by atoms with Crippen molar-refractivity contribution in [2.24, 2.45) is 0 Å². The fraction of sp³-hybridized carbons (Fsp3) is 0.375. The summed E-state index contributed by atoms with van der Waals surface area (Å²) in [5.74, 6) is 0.814. The van der Waals surface area contributed by atoms with E-state index in [4.69, 9.17) is 4.74 Å². The highest BCUT2D eigenvalue weighted by Gasteiger charge is 2.19. The number of rotatable bonds is 9. The molecule has 4 nitrogen and oxygen atoms in total. The highest BCUT2D eigenvalue weighted by Crippen LogP contribution is 2.29. The van der Waals surface area contributed by atoms with Gasteiger partial charge < -0.3 is 14.6 Å². The van der Waals surface area contributed by atoms with Crippen LogP contribution < -0.4 is 10.1 Å². The zero-order chi connectivity index (χ0) is 19.9. The summed E-state index contributed by atoms with van der Waals surface area (Å²) < 4.78 is 7.88. The molecular weight excluding hydrogens is 348 g/mol. The van der Waals surface area contributed by atoms with Crippen molar-refractivity contribution in [3.8, 4) is 5.75 Å². The number of hydrogen-bond donors (Lipinski definition) is 1. The summed E-state index contributed by atoms with van der Waals surface area (Å²) in [6.45, 7) is 7.59. The third kappa shape index (κ3) is 4.56. The monoisotopic (exact) mass is 378 g/mol. The van der Waals surface area contributed by atoms with Gasteiger partial charge in [0, 0.05) is 18.0 Å². The van der Waals surface area contributed by atoms with E-state index in [0.717, 1.165) is 42.5 Å². The van der Waals surface area contributed by atoms with E-state index in [9.17, 15) is 4.79 Å². The number of benzene rings is 2. The Balaban J connectivity index is 1.78. The van der Waals surface area contributed by atoms with Gasteiger partial charge in [0.15, 0.2) is 0 Å². The molecule has 3 aromatic rings. The standard InChI is InChI=1S/C24H30N2O2/c1-4-16-26-21-12-9-13-23(28-5-2)20(21)17-22(26)24(27)25-18(3)14-15-19-10-7-6-8-11-19/h6-13,17-18H,4-5,14-16H2,1-3H3,(H,25,27)/t18-/m1/s1. The smallest absolute Gasteiger partial charge is 0.268 e. The van der Waals surface area contributed by atoms with Crippen molar-refractivity contribution in [3.63, 3.8) is 0 Å². The Morgan fingerprint density at radius 3 is 2.61 bits per heavy atom. The van der Waals surface area contributed by atoms with Crippen LogP contribution >= 0.6 is 0 Å². The first-order chi connectivity index (χ1) is 13.6. The Bertz CT molecular complexity index is 915. The van der Waals surface area contributed by atoms with Gasteiger partial charge in [0.2, 0.25) is 0 Å². The molecule has 0 radical (unpaired) electrons. The van der Waals surface area contributed by atoms with Gasteiger partial charge in [-0.25, -0.2) is 0 Å². The molecule has 0 saturated heterocycles. The molecule has 148 valence electrons. The Morgan fingerprint density at radius 2 is 1.89 bits per heavy atom. The van der Waals surface area contributed by atoms with Crippen molar-refractivity contribution in [1.29, 1.82) is 0 Å². The summed E-state index contributed by atoms with van der Waals surface area (Å²) in [6, 6.07) is 18.5. The molecule has 1 amide bonds. The maximum Gasteiger partial charge on any atom is 0.268 e. The van der Waals surface area contributed by atoms with E-state index in [0.29, 0.717) is 12.3 Å². The quantitative estimate of drug-likeness (QED) is 0.556. The van der Waals surface area contributed by atoms with Gasteiger partial charge in [0.05, 0.1) is 12.1 Å². The van der Waals surface area contributed by atoms with E-state index in [1.807, 2.05) is 31.2 Å². The van der Waals surface area contributed by atoms with E-state index in [2.05, 4.69) is 54.1 Å². The minimum Gasteiger partial charge on any atom is -0.493 e. The lowest BCUT2D eigenvalue weighted by Gasteiger charge is -2.15.